The van der Waals surface area contributed by atoms with E-state index in [0.29, 0.717) is 0 Å². The van der Waals surface area contributed by atoms with Crippen molar-refractivity contribution in [2.45, 2.75) is 0 Å². The summed E-state index contributed by atoms with van der Waals surface area (Å²) in [5.74, 6) is -29.1. The molecule has 0 radical (unpaired) electrons. The van der Waals surface area contributed by atoms with Crippen LogP contribution in [0.4, 0.5) is 65.9 Å². The van der Waals surface area contributed by atoms with Crippen molar-refractivity contribution in [1.82, 2.24) is 0 Å². The molecular formula is C44H25AuClF15O4P2S. The van der Waals surface area contributed by atoms with Gasteiger partial charge in [0, 0.05) is 6.04 Å². The Morgan fingerprint density at radius 1 is 0.397 bits per heavy atom. The van der Waals surface area contributed by atoms with Crippen molar-refractivity contribution in [3.05, 3.63) is 227 Å². The molecule has 0 aliphatic rings. The van der Waals surface area contributed by atoms with Gasteiger partial charge in [-0.15, -0.1) is 28.4 Å². The Kier molecular flexibility index (Phi) is 23.1. The smallest absolute Gasteiger partial charge is 0.278 e. The number of hydrogen-bond acceptors (Lipinski definition) is 5. The average molecular weight is 1230 g/mol. The van der Waals surface area contributed by atoms with Crippen LogP contribution in [0, 0.1) is 116 Å². The quantitative estimate of drug-likeness (QED) is 0.0441. The molecule has 0 N–H and O–H groups in total. The van der Waals surface area contributed by atoms with Crippen molar-refractivity contribution >= 4 is 46.3 Å². The topological polar surface area (TPSA) is 92.2 Å². The summed E-state index contributed by atoms with van der Waals surface area (Å²) in [5.41, 5.74) is 0. The Hall–Kier alpha value is -4.56. The summed E-state index contributed by atoms with van der Waals surface area (Å²) in [6.45, 7) is 2.46. The van der Waals surface area contributed by atoms with Gasteiger partial charge in [0.2, 0.25) is 0 Å². The molecule has 0 amide bonds. The molecule has 0 fully saturated rings. The average Bonchev–Trinajstić information content (AvgIpc) is 3.31. The fourth-order valence-corrected chi connectivity index (χ4v) is 17.5. The zero-order valence-corrected chi connectivity index (χ0v) is 39.1. The van der Waals surface area contributed by atoms with Crippen LogP contribution in [0.15, 0.2) is 121 Å². The van der Waals surface area contributed by atoms with E-state index in [1.54, 1.807) is 0 Å². The molecule has 0 atom stereocenters. The minimum Gasteiger partial charge on any atom is -0.278 e. The van der Waals surface area contributed by atoms with Gasteiger partial charge in [0.05, 0.1) is 112 Å². The molecule has 0 unspecified atom stereocenters. The summed E-state index contributed by atoms with van der Waals surface area (Å²) in [6, 6.07) is 44.6. The molecule has 7 rings (SSSR count). The first-order valence-corrected chi connectivity index (χ1v) is 24.4. The van der Waals surface area contributed by atoms with Crippen LogP contribution in [-0.4, -0.2) is 12.6 Å². The van der Waals surface area contributed by atoms with Crippen LogP contribution in [0.25, 0.3) is 0 Å². The standard InChI is InChI=1S/C26H25P2S.3C6F5.Au.ClHO4/c1-27(23-14-6-2-7-15-23,24-16-8-3-9-17-24)22-28(29,25-18-10-4-11-19-25)26-20-12-5-13-21-26;3*7-2-1-3(8)5(10)6(11)4(2)9;;2-1(3,4)5/h2-21H,22H2,1H3;;;;;(H,2,3,4,5)/q+1;3*-1;+3;/p-1. The van der Waals surface area contributed by atoms with Gasteiger partial charge in [-0.2, -0.15) is 0 Å². The zero-order valence-electron chi connectivity index (χ0n) is 33.5. The van der Waals surface area contributed by atoms with Crippen LogP contribution < -0.4 is 39.9 Å². The first-order chi connectivity index (χ1) is 31.2. The van der Waals surface area contributed by atoms with Gasteiger partial charge in [-0.3, -0.25) is 26.3 Å². The Labute approximate surface area is 400 Å². The van der Waals surface area contributed by atoms with Crippen LogP contribution in [0.5, 0.6) is 0 Å². The van der Waals surface area contributed by atoms with Gasteiger partial charge in [0.1, 0.15) is 5.90 Å². The normalized spacial score (nSPS) is 10.9. The van der Waals surface area contributed by atoms with Crippen molar-refractivity contribution in [3.8, 4) is 0 Å². The van der Waals surface area contributed by atoms with E-state index < -0.39 is 111 Å². The summed E-state index contributed by atoms with van der Waals surface area (Å²) in [5, 5.41) is 5.46. The maximum Gasteiger partial charge on any atom is 3.00 e. The van der Waals surface area contributed by atoms with Crippen LogP contribution in [0.2, 0.25) is 0 Å². The van der Waals surface area contributed by atoms with Gasteiger partial charge >= 0.3 is 22.4 Å². The SMILES string of the molecule is C[P+](CP(=S)(c1ccccc1)c1ccccc1)(c1ccccc1)c1ccccc1.Fc1[c-]c(F)c(F)c(F)c1F.Fc1[c-]c(F)c(F)c(F)c1F.Fc1[c-]c(F)c(F)c(F)c1F.[Au+3].[O-][Cl+3]([O-])([O-])[O-]. The van der Waals surface area contributed by atoms with E-state index in [9.17, 15) is 65.9 Å². The monoisotopic (exact) mass is 1230 g/mol. The second-order valence-electron chi connectivity index (χ2n) is 12.9. The van der Waals surface area contributed by atoms with Crippen molar-refractivity contribution < 1.29 is 117 Å². The predicted octanol–water partition coefficient (Wildman–Crippen LogP) is 7.16. The molecular weight excluding hydrogens is 1200 g/mol. The van der Waals surface area contributed by atoms with Crippen LogP contribution in [0.1, 0.15) is 0 Å². The van der Waals surface area contributed by atoms with Crippen molar-refractivity contribution in [3.63, 3.8) is 0 Å². The summed E-state index contributed by atoms with van der Waals surface area (Å²) in [4.78, 5) is 0. The van der Waals surface area contributed by atoms with Gasteiger partial charge in [-0.1, -0.05) is 109 Å². The summed E-state index contributed by atoms with van der Waals surface area (Å²) in [6.07, 6.45) is 0. The van der Waals surface area contributed by atoms with Crippen molar-refractivity contribution in [2.75, 3.05) is 12.6 Å². The Morgan fingerprint density at radius 2 is 0.588 bits per heavy atom. The number of halogens is 16. The molecule has 4 nitrogen and oxygen atoms in total. The predicted molar refractivity (Wildman–Crippen MR) is 212 cm³/mol. The van der Waals surface area contributed by atoms with E-state index in [0.717, 1.165) is 24.1 Å². The fraction of sp³-hybridized carbons (Fsp3) is 0.0455. The second-order valence-corrected chi connectivity index (χ2v) is 22.6. The molecule has 364 valence electrons. The molecule has 0 spiro atoms. The summed E-state index contributed by atoms with van der Waals surface area (Å²) in [7, 11) is -6.63. The van der Waals surface area contributed by atoms with E-state index in [1.165, 1.54) is 21.2 Å². The third-order valence-corrected chi connectivity index (χ3v) is 19.8. The molecule has 0 aliphatic heterocycles. The van der Waals surface area contributed by atoms with Gasteiger partial charge in [-0.05, 0) is 34.9 Å². The van der Waals surface area contributed by atoms with E-state index in [-0.39, 0.29) is 22.4 Å². The van der Waals surface area contributed by atoms with E-state index in [4.69, 9.17) is 30.4 Å². The van der Waals surface area contributed by atoms with Crippen molar-refractivity contribution in [2.24, 2.45) is 0 Å². The van der Waals surface area contributed by atoms with E-state index in [1.807, 2.05) is 0 Å². The molecule has 0 aliphatic carbocycles. The molecule has 0 saturated heterocycles. The summed E-state index contributed by atoms with van der Waals surface area (Å²) < 4.78 is 214. The van der Waals surface area contributed by atoms with Crippen molar-refractivity contribution in [1.29, 1.82) is 0 Å². The third kappa shape index (κ3) is 16.3. The Bertz CT molecular complexity index is 2480. The number of benzene rings is 7. The molecule has 0 aromatic heterocycles. The van der Waals surface area contributed by atoms with Gasteiger partial charge in [0.25, 0.3) is 0 Å². The van der Waals surface area contributed by atoms with E-state index in [2.05, 4.69) is 128 Å². The Morgan fingerprint density at radius 3 is 0.794 bits per heavy atom. The Balaban J connectivity index is 0.000000336. The minimum atomic E-state index is -4.94. The first-order valence-electron chi connectivity index (χ1n) is 17.8. The molecule has 0 bridgehead atoms. The zero-order chi connectivity index (χ0) is 50.4. The molecule has 7 aromatic rings. The van der Waals surface area contributed by atoms with Crippen LogP contribution >= 0.6 is 13.3 Å². The molecule has 0 saturated carbocycles. The maximum absolute atomic E-state index is 12.0. The van der Waals surface area contributed by atoms with Crippen LogP contribution in [-0.2, 0) is 34.2 Å². The number of hydrogen-bond donors (Lipinski definition) is 0. The van der Waals surface area contributed by atoms with Gasteiger partial charge in [0.15, 0.2) is 0 Å². The second kappa shape index (κ2) is 26.4. The number of rotatable bonds is 6. The summed E-state index contributed by atoms with van der Waals surface area (Å²) >= 11 is 6.62. The van der Waals surface area contributed by atoms with Gasteiger partial charge in [-0.25, -0.2) is 58.1 Å². The third-order valence-electron chi connectivity index (χ3n) is 8.45. The minimum absolute atomic E-state index is 0. The largest absolute Gasteiger partial charge is 3.00 e. The van der Waals surface area contributed by atoms with Gasteiger partial charge < -0.3 is 0 Å². The van der Waals surface area contributed by atoms with E-state index >= 15 is 0 Å². The molecule has 7 aromatic carbocycles. The fourth-order valence-electron chi connectivity index (χ4n) is 5.36. The first kappa shape index (κ1) is 59.6. The molecule has 24 heteroatoms. The molecule has 0 heterocycles. The maximum atomic E-state index is 12.0. The molecule has 68 heavy (non-hydrogen) atoms. The van der Waals surface area contributed by atoms with Crippen LogP contribution in [0.3, 0.4) is 0 Å².